The third kappa shape index (κ3) is 4.36. The Balaban J connectivity index is 1.57. The Morgan fingerprint density at radius 1 is 1.23 bits per heavy atom. The summed E-state index contributed by atoms with van der Waals surface area (Å²) >= 11 is 0. The highest BCUT2D eigenvalue weighted by Gasteiger charge is 2.33. The van der Waals surface area contributed by atoms with Crippen molar-refractivity contribution >= 4 is 11.6 Å². The van der Waals surface area contributed by atoms with Gasteiger partial charge < -0.3 is 14.1 Å². The topological polar surface area (TPSA) is 112 Å². The number of nitro benzene ring substituents is 1. The minimum atomic E-state index is -0.432. The van der Waals surface area contributed by atoms with E-state index in [9.17, 15) is 14.9 Å². The number of ether oxygens (including phenoxy) is 1. The summed E-state index contributed by atoms with van der Waals surface area (Å²) in [6.45, 7) is 0.526. The van der Waals surface area contributed by atoms with E-state index in [1.807, 2.05) is 0 Å². The molecule has 9 heteroatoms. The molecule has 0 spiro atoms. The van der Waals surface area contributed by atoms with Gasteiger partial charge in [-0.2, -0.15) is 0 Å². The van der Waals surface area contributed by atoms with E-state index in [4.69, 9.17) is 9.15 Å². The van der Waals surface area contributed by atoms with E-state index < -0.39 is 4.92 Å². The number of nitrogens with zero attached hydrogens (tertiary/aromatic N) is 4. The average molecular weight is 408 g/mol. The maximum Gasteiger partial charge on any atom is 0.269 e. The third-order valence-corrected chi connectivity index (χ3v) is 4.81. The summed E-state index contributed by atoms with van der Waals surface area (Å²) < 4.78 is 10.5. The number of carbonyl (C=O) groups excluding carboxylic acids is 1. The highest BCUT2D eigenvalue weighted by atomic mass is 16.6. The molecule has 1 saturated carbocycles. The summed E-state index contributed by atoms with van der Waals surface area (Å²) in [4.78, 5) is 25.6. The number of benzene rings is 2. The molecular weight excluding hydrogens is 388 g/mol. The maximum absolute atomic E-state index is 13.2. The molecule has 0 radical (unpaired) electrons. The van der Waals surface area contributed by atoms with Gasteiger partial charge in [-0.1, -0.05) is 18.2 Å². The van der Waals surface area contributed by atoms with E-state index in [0.717, 1.165) is 18.4 Å². The van der Waals surface area contributed by atoms with Crippen molar-refractivity contribution in [3.63, 3.8) is 0 Å². The average Bonchev–Trinajstić information content (AvgIpc) is 3.50. The number of rotatable bonds is 8. The fourth-order valence-electron chi connectivity index (χ4n) is 3.22. The van der Waals surface area contributed by atoms with Gasteiger partial charge in [-0.05, 0) is 36.6 Å². The van der Waals surface area contributed by atoms with Crippen LogP contribution in [-0.4, -0.2) is 39.1 Å². The first-order valence-electron chi connectivity index (χ1n) is 9.51. The van der Waals surface area contributed by atoms with Gasteiger partial charge in [-0.15, -0.1) is 10.2 Å². The zero-order valence-electron chi connectivity index (χ0n) is 16.4. The summed E-state index contributed by atoms with van der Waals surface area (Å²) in [6.07, 6.45) is 1.84. The molecule has 4 rings (SSSR count). The lowest BCUT2D eigenvalue weighted by atomic mass is 10.1. The molecule has 0 bridgehead atoms. The summed E-state index contributed by atoms with van der Waals surface area (Å²) in [7, 11) is 1.54. The molecule has 1 aliphatic rings. The third-order valence-electron chi connectivity index (χ3n) is 4.81. The normalized spacial score (nSPS) is 13.2. The number of amides is 1. The van der Waals surface area contributed by atoms with Crippen LogP contribution in [0.15, 0.2) is 52.9 Å². The van der Waals surface area contributed by atoms with Crippen LogP contribution in [0.1, 0.15) is 34.7 Å². The Morgan fingerprint density at radius 3 is 2.77 bits per heavy atom. The number of aromatic nitrogens is 2. The minimum absolute atomic E-state index is 0.0148. The van der Waals surface area contributed by atoms with Gasteiger partial charge in [0.05, 0.1) is 4.92 Å². The molecule has 154 valence electrons. The minimum Gasteiger partial charge on any atom is -0.418 e. The van der Waals surface area contributed by atoms with Crippen molar-refractivity contribution in [2.75, 3.05) is 7.11 Å². The van der Waals surface area contributed by atoms with E-state index in [2.05, 4.69) is 10.2 Å². The van der Waals surface area contributed by atoms with Crippen LogP contribution in [0, 0.1) is 10.1 Å². The predicted molar refractivity (Wildman–Crippen MR) is 106 cm³/mol. The van der Waals surface area contributed by atoms with Gasteiger partial charge in [0.25, 0.3) is 11.6 Å². The molecule has 0 N–H and O–H groups in total. The summed E-state index contributed by atoms with van der Waals surface area (Å²) in [5, 5.41) is 19.0. The molecule has 9 nitrogen and oxygen atoms in total. The lowest BCUT2D eigenvalue weighted by molar-refractivity contribution is -0.384. The molecule has 1 heterocycles. The zero-order valence-corrected chi connectivity index (χ0v) is 16.4. The molecule has 1 aliphatic carbocycles. The zero-order chi connectivity index (χ0) is 21.1. The molecule has 1 fully saturated rings. The summed E-state index contributed by atoms with van der Waals surface area (Å²) in [5.41, 5.74) is 1.88. The molecule has 1 aromatic heterocycles. The first-order chi connectivity index (χ1) is 14.5. The van der Waals surface area contributed by atoms with Crippen LogP contribution in [0.2, 0.25) is 0 Å². The lowest BCUT2D eigenvalue weighted by Gasteiger charge is -2.23. The quantitative estimate of drug-likeness (QED) is 0.413. The van der Waals surface area contributed by atoms with Crippen molar-refractivity contribution in [2.45, 2.75) is 32.0 Å². The number of carbonyl (C=O) groups is 1. The maximum atomic E-state index is 13.2. The highest BCUT2D eigenvalue weighted by Crippen LogP contribution is 2.31. The van der Waals surface area contributed by atoms with Gasteiger partial charge in [-0.3, -0.25) is 14.9 Å². The second-order valence-electron chi connectivity index (χ2n) is 7.11. The van der Waals surface area contributed by atoms with Gasteiger partial charge >= 0.3 is 0 Å². The fourth-order valence-corrected chi connectivity index (χ4v) is 3.22. The van der Waals surface area contributed by atoms with Crippen molar-refractivity contribution in [3.8, 4) is 11.5 Å². The van der Waals surface area contributed by atoms with Crippen molar-refractivity contribution in [1.29, 1.82) is 0 Å². The predicted octanol–water partition coefficient (Wildman–Crippen LogP) is 3.60. The standard InChI is InChI=1S/C21H20N4O5/c1-29-13-19-22-23-20(30-19)15-5-3-6-16(11-15)21(26)24(17-8-9-17)12-14-4-2-7-18(10-14)25(27)28/h2-7,10-11,17H,8-9,12-13H2,1H3. The number of nitro groups is 1. The van der Waals surface area contributed by atoms with E-state index in [1.165, 1.54) is 19.2 Å². The summed E-state index contributed by atoms with van der Waals surface area (Å²) in [5.74, 6) is 0.533. The van der Waals surface area contributed by atoms with Gasteiger partial charge in [0.15, 0.2) is 0 Å². The largest absolute Gasteiger partial charge is 0.418 e. The molecule has 2 aromatic carbocycles. The van der Waals surface area contributed by atoms with E-state index in [1.54, 1.807) is 41.3 Å². The van der Waals surface area contributed by atoms with Gasteiger partial charge in [0.2, 0.25) is 11.8 Å². The van der Waals surface area contributed by atoms with Gasteiger partial charge in [0.1, 0.15) is 6.61 Å². The molecular formula is C21H20N4O5. The monoisotopic (exact) mass is 408 g/mol. The molecule has 0 aliphatic heterocycles. The van der Waals surface area contributed by atoms with Crippen LogP contribution < -0.4 is 0 Å². The highest BCUT2D eigenvalue weighted by molar-refractivity contribution is 5.95. The second kappa shape index (κ2) is 8.42. The van der Waals surface area contributed by atoms with Crippen LogP contribution in [0.5, 0.6) is 0 Å². The Morgan fingerprint density at radius 2 is 2.03 bits per heavy atom. The Kier molecular flexibility index (Phi) is 5.53. The Hall–Kier alpha value is -3.59. The van der Waals surface area contributed by atoms with Gasteiger partial charge in [-0.25, -0.2) is 0 Å². The van der Waals surface area contributed by atoms with E-state index in [0.29, 0.717) is 29.5 Å². The van der Waals surface area contributed by atoms with Crippen LogP contribution >= 0.6 is 0 Å². The number of hydrogen-bond donors (Lipinski definition) is 0. The van der Waals surface area contributed by atoms with Crippen LogP contribution in [0.4, 0.5) is 5.69 Å². The second-order valence-corrected chi connectivity index (χ2v) is 7.11. The lowest BCUT2D eigenvalue weighted by Crippen LogP contribution is -2.32. The number of methoxy groups -OCH3 is 1. The Labute approximate surface area is 172 Å². The molecule has 0 unspecified atom stereocenters. The van der Waals surface area contributed by atoms with E-state index in [-0.39, 0.29) is 24.2 Å². The van der Waals surface area contributed by atoms with E-state index >= 15 is 0 Å². The first-order valence-corrected chi connectivity index (χ1v) is 9.51. The van der Waals surface area contributed by atoms with Crippen molar-refractivity contribution in [1.82, 2.24) is 15.1 Å². The van der Waals surface area contributed by atoms with Crippen LogP contribution in [-0.2, 0) is 17.9 Å². The molecule has 3 aromatic rings. The van der Waals surface area contributed by atoms with Crippen LogP contribution in [0.3, 0.4) is 0 Å². The molecule has 0 atom stereocenters. The first kappa shape index (κ1) is 19.7. The summed E-state index contributed by atoms with van der Waals surface area (Å²) in [6, 6.07) is 13.5. The van der Waals surface area contributed by atoms with Gasteiger partial charge in [0, 0.05) is 43.0 Å². The van der Waals surface area contributed by atoms with Crippen LogP contribution in [0.25, 0.3) is 11.5 Å². The van der Waals surface area contributed by atoms with Crippen molar-refractivity contribution in [3.05, 3.63) is 75.7 Å². The fraction of sp³-hybridized carbons (Fsp3) is 0.286. The molecule has 0 saturated heterocycles. The van der Waals surface area contributed by atoms with Crippen molar-refractivity contribution in [2.24, 2.45) is 0 Å². The SMILES string of the molecule is COCc1nnc(-c2cccc(C(=O)N(Cc3cccc([N+](=O)[O-])c3)C3CC3)c2)o1. The smallest absolute Gasteiger partial charge is 0.269 e. The molecule has 1 amide bonds. The molecule has 30 heavy (non-hydrogen) atoms. The number of hydrogen-bond acceptors (Lipinski definition) is 7. The van der Waals surface area contributed by atoms with Crippen molar-refractivity contribution < 1.29 is 18.9 Å². The number of non-ortho nitro benzene ring substituents is 1. The Bertz CT molecular complexity index is 1080.